The lowest BCUT2D eigenvalue weighted by Crippen LogP contribution is -2.17. The Morgan fingerprint density at radius 1 is 1.17 bits per heavy atom. The highest BCUT2D eigenvalue weighted by molar-refractivity contribution is 6.30. The maximum atomic E-state index is 12.2. The van der Waals surface area contributed by atoms with Gasteiger partial charge in [0.1, 0.15) is 11.4 Å². The summed E-state index contributed by atoms with van der Waals surface area (Å²) in [5.74, 6) is 0.458. The summed E-state index contributed by atoms with van der Waals surface area (Å²) < 4.78 is 5.68. The van der Waals surface area contributed by atoms with Crippen LogP contribution in [0.15, 0.2) is 59.7 Å². The van der Waals surface area contributed by atoms with Gasteiger partial charge in [-0.2, -0.15) is 10.2 Å². The van der Waals surface area contributed by atoms with Crippen LogP contribution in [-0.4, -0.2) is 28.9 Å². The average Bonchev–Trinajstić information content (AvgIpc) is 3.23. The first-order valence-corrected chi connectivity index (χ1v) is 9.91. The van der Waals surface area contributed by atoms with E-state index in [0.29, 0.717) is 16.4 Å². The molecule has 29 heavy (non-hydrogen) atoms. The second-order valence-corrected chi connectivity index (χ2v) is 6.93. The number of carbonyl (C=O) groups is 1. The Balaban J connectivity index is 1.51. The molecule has 150 valence electrons. The fourth-order valence-electron chi connectivity index (χ4n) is 2.62. The monoisotopic (exact) mass is 410 g/mol. The van der Waals surface area contributed by atoms with E-state index in [9.17, 15) is 4.79 Å². The summed E-state index contributed by atoms with van der Waals surface area (Å²) in [5.41, 5.74) is 5.20. The largest absolute Gasteiger partial charge is 0.494 e. The first-order chi connectivity index (χ1) is 14.2. The predicted molar refractivity (Wildman–Crippen MR) is 116 cm³/mol. The lowest BCUT2D eigenvalue weighted by molar-refractivity contribution is 0.0950. The Hall–Kier alpha value is -3.12. The topological polar surface area (TPSA) is 79.4 Å². The quantitative estimate of drug-likeness (QED) is 0.294. The first-order valence-electron chi connectivity index (χ1n) is 9.53. The summed E-state index contributed by atoms with van der Waals surface area (Å²) in [6.07, 6.45) is 4.97. The summed E-state index contributed by atoms with van der Waals surface area (Å²) in [6.45, 7) is 2.89. The van der Waals surface area contributed by atoms with E-state index < -0.39 is 0 Å². The van der Waals surface area contributed by atoms with Crippen LogP contribution < -0.4 is 10.2 Å². The molecule has 2 aromatic carbocycles. The summed E-state index contributed by atoms with van der Waals surface area (Å²) in [4.78, 5) is 12.2. The number of hydrazone groups is 1. The van der Waals surface area contributed by atoms with Crippen molar-refractivity contribution >= 4 is 23.7 Å². The molecule has 2 N–H and O–H groups in total. The number of H-pyrrole nitrogens is 1. The van der Waals surface area contributed by atoms with Crippen LogP contribution in [0.25, 0.3) is 11.3 Å². The normalized spacial score (nSPS) is 11.0. The summed E-state index contributed by atoms with van der Waals surface area (Å²) in [7, 11) is 0. The van der Waals surface area contributed by atoms with Crippen LogP contribution in [0.5, 0.6) is 5.75 Å². The van der Waals surface area contributed by atoms with Crippen molar-refractivity contribution in [3.8, 4) is 17.0 Å². The van der Waals surface area contributed by atoms with Crippen LogP contribution in [0.1, 0.15) is 42.2 Å². The predicted octanol–water partition coefficient (Wildman–Crippen LogP) is 5.06. The van der Waals surface area contributed by atoms with Gasteiger partial charge in [0.25, 0.3) is 5.91 Å². The van der Waals surface area contributed by atoms with E-state index >= 15 is 0 Å². The van der Waals surface area contributed by atoms with Crippen molar-refractivity contribution < 1.29 is 9.53 Å². The number of aromatic nitrogens is 2. The molecule has 0 aliphatic rings. The van der Waals surface area contributed by atoms with Gasteiger partial charge in [-0.05, 0) is 54.4 Å². The molecule has 6 nitrogen and oxygen atoms in total. The molecule has 0 fully saturated rings. The lowest BCUT2D eigenvalue weighted by atomic mass is 10.1. The molecule has 1 heterocycles. The number of benzene rings is 2. The SMILES string of the molecule is CCCCCOc1ccc(C=NNC(=O)c2cc(-c3ccc(Cl)cc3)n[nH]2)cc1. The standard InChI is InChI=1S/C22H23ClN4O2/c1-2-3-4-13-29-19-11-5-16(6-12-19)15-24-27-22(28)21-14-20(25-26-21)17-7-9-18(23)10-8-17/h5-12,14-15H,2-4,13H2,1H3,(H,25,26)(H,27,28). The minimum atomic E-state index is -0.371. The average molecular weight is 411 g/mol. The Labute approximate surface area is 174 Å². The maximum absolute atomic E-state index is 12.2. The molecule has 0 aliphatic carbocycles. The number of unbranched alkanes of at least 4 members (excludes halogenated alkanes) is 2. The number of carbonyl (C=O) groups excluding carboxylic acids is 1. The van der Waals surface area contributed by atoms with Crippen molar-refractivity contribution in [2.24, 2.45) is 5.10 Å². The number of amides is 1. The molecule has 0 radical (unpaired) electrons. The second kappa shape index (κ2) is 10.4. The molecule has 0 saturated heterocycles. The highest BCUT2D eigenvalue weighted by Crippen LogP contribution is 2.20. The van der Waals surface area contributed by atoms with Gasteiger partial charge in [0.05, 0.1) is 18.5 Å². The highest BCUT2D eigenvalue weighted by Gasteiger charge is 2.10. The Morgan fingerprint density at radius 2 is 1.93 bits per heavy atom. The third-order valence-electron chi connectivity index (χ3n) is 4.24. The molecule has 1 aromatic heterocycles. The molecular weight excluding hydrogens is 388 g/mol. The zero-order valence-corrected chi connectivity index (χ0v) is 16.9. The van der Waals surface area contributed by atoms with E-state index in [1.165, 1.54) is 12.8 Å². The Kier molecular flexibility index (Phi) is 7.41. The zero-order valence-electron chi connectivity index (χ0n) is 16.2. The van der Waals surface area contributed by atoms with Gasteiger partial charge >= 0.3 is 0 Å². The van der Waals surface area contributed by atoms with Crippen LogP contribution in [0.4, 0.5) is 0 Å². The number of hydrogen-bond donors (Lipinski definition) is 2. The molecule has 7 heteroatoms. The molecule has 3 aromatic rings. The van der Waals surface area contributed by atoms with Crippen molar-refractivity contribution in [2.75, 3.05) is 6.61 Å². The van der Waals surface area contributed by atoms with Crippen LogP contribution in [0, 0.1) is 0 Å². The first kappa shape index (κ1) is 20.6. The molecule has 3 rings (SSSR count). The van der Waals surface area contributed by atoms with Crippen molar-refractivity contribution in [3.05, 3.63) is 70.9 Å². The Morgan fingerprint density at radius 3 is 2.66 bits per heavy atom. The lowest BCUT2D eigenvalue weighted by Gasteiger charge is -2.05. The Bertz CT molecular complexity index is 950. The van der Waals surface area contributed by atoms with Crippen molar-refractivity contribution in [1.29, 1.82) is 0 Å². The van der Waals surface area contributed by atoms with Gasteiger partial charge in [-0.25, -0.2) is 5.43 Å². The number of halogens is 1. The van der Waals surface area contributed by atoms with Gasteiger partial charge in [-0.15, -0.1) is 0 Å². The van der Waals surface area contributed by atoms with Gasteiger partial charge in [-0.1, -0.05) is 43.5 Å². The molecule has 0 bridgehead atoms. The smallest absolute Gasteiger partial charge is 0.289 e. The van der Waals surface area contributed by atoms with Crippen LogP contribution in [-0.2, 0) is 0 Å². The number of ether oxygens (including phenoxy) is 1. The fraction of sp³-hybridized carbons (Fsp3) is 0.227. The fourth-order valence-corrected chi connectivity index (χ4v) is 2.75. The molecule has 0 unspecified atom stereocenters. The van der Waals surface area contributed by atoms with E-state index in [1.807, 2.05) is 36.4 Å². The van der Waals surface area contributed by atoms with Gasteiger partial charge in [0, 0.05) is 10.6 Å². The van der Waals surface area contributed by atoms with Gasteiger partial charge in [-0.3, -0.25) is 9.89 Å². The molecule has 0 spiro atoms. The highest BCUT2D eigenvalue weighted by atomic mass is 35.5. The zero-order chi connectivity index (χ0) is 20.5. The minimum absolute atomic E-state index is 0.322. The van der Waals surface area contributed by atoms with E-state index in [2.05, 4.69) is 27.6 Å². The number of nitrogens with one attached hydrogen (secondary N) is 2. The van der Waals surface area contributed by atoms with Gasteiger partial charge in [0.15, 0.2) is 0 Å². The third kappa shape index (κ3) is 6.19. The van der Waals surface area contributed by atoms with E-state index in [0.717, 1.165) is 29.9 Å². The molecule has 1 amide bonds. The number of rotatable bonds is 9. The summed E-state index contributed by atoms with van der Waals surface area (Å²) in [5, 5.41) is 11.5. The van der Waals surface area contributed by atoms with E-state index in [4.69, 9.17) is 16.3 Å². The molecule has 0 aliphatic heterocycles. The maximum Gasteiger partial charge on any atom is 0.289 e. The van der Waals surface area contributed by atoms with Crippen molar-refractivity contribution in [1.82, 2.24) is 15.6 Å². The van der Waals surface area contributed by atoms with Crippen LogP contribution >= 0.6 is 11.6 Å². The van der Waals surface area contributed by atoms with E-state index in [1.54, 1.807) is 24.4 Å². The van der Waals surface area contributed by atoms with Crippen LogP contribution in [0.2, 0.25) is 5.02 Å². The number of hydrogen-bond acceptors (Lipinski definition) is 4. The van der Waals surface area contributed by atoms with Crippen molar-refractivity contribution in [2.45, 2.75) is 26.2 Å². The summed E-state index contributed by atoms with van der Waals surface area (Å²) in [6, 6.07) is 16.5. The van der Waals surface area contributed by atoms with Gasteiger partial charge < -0.3 is 4.74 Å². The van der Waals surface area contributed by atoms with Gasteiger partial charge in [0.2, 0.25) is 0 Å². The van der Waals surface area contributed by atoms with Crippen molar-refractivity contribution in [3.63, 3.8) is 0 Å². The minimum Gasteiger partial charge on any atom is -0.494 e. The third-order valence-corrected chi connectivity index (χ3v) is 4.49. The van der Waals surface area contributed by atoms with E-state index in [-0.39, 0.29) is 5.91 Å². The number of aromatic amines is 1. The second-order valence-electron chi connectivity index (χ2n) is 6.50. The molecule has 0 saturated carbocycles. The summed E-state index contributed by atoms with van der Waals surface area (Å²) >= 11 is 5.89. The molecular formula is C22H23ClN4O2. The van der Waals surface area contributed by atoms with Crippen LogP contribution in [0.3, 0.4) is 0 Å². The molecule has 0 atom stereocenters. The number of nitrogens with zero attached hydrogens (tertiary/aromatic N) is 2.